The average Bonchev–Trinajstić information content (AvgIpc) is 2.26. The Kier molecular flexibility index (Phi) is 10.2. The summed E-state index contributed by atoms with van der Waals surface area (Å²) in [6.07, 6.45) is 7.15. The maximum Gasteiger partial charge on any atom is 0.234 e. The summed E-state index contributed by atoms with van der Waals surface area (Å²) in [5.74, 6) is 0.160. The monoisotopic (exact) mass is 242 g/mol. The first-order valence-electron chi connectivity index (χ1n) is 7.08. The fraction of sp³-hybridized carbons (Fsp3) is 0.929. The third kappa shape index (κ3) is 10.3. The van der Waals surface area contributed by atoms with Crippen LogP contribution in [0.25, 0.3) is 0 Å². The molecule has 0 bridgehead atoms. The molecule has 0 aliphatic rings. The molecule has 3 heteroatoms. The lowest BCUT2D eigenvalue weighted by atomic mass is 10.1. The van der Waals surface area contributed by atoms with Crippen LogP contribution in [0.5, 0.6) is 0 Å². The smallest absolute Gasteiger partial charge is 0.234 e. The number of rotatable bonds is 10. The molecule has 0 aliphatic heterocycles. The molecular weight excluding hydrogens is 212 g/mol. The highest BCUT2D eigenvalue weighted by atomic mass is 16.2. The van der Waals surface area contributed by atoms with Crippen LogP contribution in [0.2, 0.25) is 0 Å². The molecule has 0 heterocycles. The lowest BCUT2D eigenvalue weighted by Gasteiger charge is -2.18. The lowest BCUT2D eigenvalue weighted by molar-refractivity contribution is -0.122. The van der Waals surface area contributed by atoms with Crippen molar-refractivity contribution in [3.05, 3.63) is 0 Å². The molecule has 0 rings (SSSR count). The Labute approximate surface area is 107 Å². The third-order valence-corrected chi connectivity index (χ3v) is 2.95. The summed E-state index contributed by atoms with van der Waals surface area (Å²) >= 11 is 0. The van der Waals surface area contributed by atoms with E-state index in [1.807, 2.05) is 7.05 Å². The van der Waals surface area contributed by atoms with E-state index >= 15 is 0 Å². The highest BCUT2D eigenvalue weighted by molar-refractivity contribution is 5.78. The van der Waals surface area contributed by atoms with Gasteiger partial charge in [0.1, 0.15) is 0 Å². The third-order valence-electron chi connectivity index (χ3n) is 2.95. The van der Waals surface area contributed by atoms with Gasteiger partial charge in [0, 0.05) is 6.04 Å². The summed E-state index contributed by atoms with van der Waals surface area (Å²) in [5.41, 5.74) is 0. The van der Waals surface area contributed by atoms with Crippen LogP contribution in [0.1, 0.15) is 59.3 Å². The summed E-state index contributed by atoms with van der Waals surface area (Å²) in [4.78, 5) is 13.8. The topological polar surface area (TPSA) is 32.3 Å². The van der Waals surface area contributed by atoms with Crippen LogP contribution >= 0.6 is 0 Å². The Balaban J connectivity index is 3.62. The zero-order valence-corrected chi connectivity index (χ0v) is 12.1. The molecular formula is C14H30N2O. The van der Waals surface area contributed by atoms with Crippen LogP contribution in [0.4, 0.5) is 0 Å². The summed E-state index contributed by atoms with van der Waals surface area (Å²) in [6, 6.07) is 0.314. The summed E-state index contributed by atoms with van der Waals surface area (Å²) in [6.45, 7) is 8.00. The van der Waals surface area contributed by atoms with E-state index in [1.165, 1.54) is 25.7 Å². The van der Waals surface area contributed by atoms with Gasteiger partial charge in [-0.05, 0) is 33.4 Å². The Morgan fingerprint density at radius 3 is 2.41 bits per heavy atom. The molecule has 17 heavy (non-hydrogen) atoms. The van der Waals surface area contributed by atoms with Crippen molar-refractivity contribution in [3.63, 3.8) is 0 Å². The van der Waals surface area contributed by atoms with Crippen LogP contribution in [-0.4, -0.2) is 37.0 Å². The molecule has 1 unspecified atom stereocenters. The van der Waals surface area contributed by atoms with Gasteiger partial charge in [0.25, 0.3) is 0 Å². The molecule has 1 atom stereocenters. The number of hydrogen-bond donors (Lipinski definition) is 1. The highest BCUT2D eigenvalue weighted by Crippen LogP contribution is 2.02. The van der Waals surface area contributed by atoms with Crippen molar-refractivity contribution in [2.45, 2.75) is 65.3 Å². The number of amides is 1. The van der Waals surface area contributed by atoms with Crippen molar-refractivity contribution in [1.82, 2.24) is 10.2 Å². The predicted octanol–water partition coefficient (Wildman–Crippen LogP) is 2.80. The number of carbonyl (C=O) groups is 1. The van der Waals surface area contributed by atoms with E-state index in [-0.39, 0.29) is 5.91 Å². The van der Waals surface area contributed by atoms with E-state index in [0.717, 1.165) is 19.4 Å². The maximum absolute atomic E-state index is 11.7. The summed E-state index contributed by atoms with van der Waals surface area (Å²) in [7, 11) is 2.01. The highest BCUT2D eigenvalue weighted by Gasteiger charge is 2.09. The van der Waals surface area contributed by atoms with E-state index in [1.54, 1.807) is 0 Å². The van der Waals surface area contributed by atoms with Crippen molar-refractivity contribution in [3.8, 4) is 0 Å². The zero-order chi connectivity index (χ0) is 13.1. The molecule has 0 aromatic rings. The van der Waals surface area contributed by atoms with Gasteiger partial charge in [0.05, 0.1) is 6.54 Å². The van der Waals surface area contributed by atoms with Gasteiger partial charge in [0.15, 0.2) is 0 Å². The number of nitrogens with zero attached hydrogens (tertiary/aromatic N) is 1. The van der Waals surface area contributed by atoms with Crippen LogP contribution in [0, 0.1) is 0 Å². The van der Waals surface area contributed by atoms with Gasteiger partial charge in [-0.3, -0.25) is 9.69 Å². The minimum absolute atomic E-state index is 0.160. The number of likely N-dealkylation sites (N-methyl/N-ethyl adjacent to an activating group) is 1. The van der Waals surface area contributed by atoms with Crippen molar-refractivity contribution < 1.29 is 4.79 Å². The number of carbonyl (C=O) groups excluding carboxylic acids is 1. The molecule has 0 aliphatic carbocycles. The van der Waals surface area contributed by atoms with E-state index in [9.17, 15) is 4.79 Å². The summed E-state index contributed by atoms with van der Waals surface area (Å²) in [5, 5.41) is 3.07. The second-order valence-electron chi connectivity index (χ2n) is 5.06. The van der Waals surface area contributed by atoms with Gasteiger partial charge in [0.2, 0.25) is 5.91 Å². The average molecular weight is 242 g/mol. The lowest BCUT2D eigenvalue weighted by Crippen LogP contribution is -2.40. The minimum Gasteiger partial charge on any atom is -0.353 e. The molecule has 0 saturated carbocycles. The van der Waals surface area contributed by atoms with E-state index < -0.39 is 0 Å². The van der Waals surface area contributed by atoms with Gasteiger partial charge in [-0.2, -0.15) is 0 Å². The first kappa shape index (κ1) is 16.4. The Morgan fingerprint density at radius 2 is 1.82 bits per heavy atom. The molecule has 3 nitrogen and oxygen atoms in total. The molecule has 0 spiro atoms. The van der Waals surface area contributed by atoms with Crippen molar-refractivity contribution in [2.75, 3.05) is 20.1 Å². The molecule has 0 aromatic heterocycles. The first-order valence-corrected chi connectivity index (χ1v) is 7.08. The predicted molar refractivity (Wildman–Crippen MR) is 74.2 cm³/mol. The SMILES string of the molecule is CCCCCC(C)NC(=O)CN(C)CCCC. The molecule has 0 aromatic carbocycles. The second-order valence-corrected chi connectivity index (χ2v) is 5.06. The largest absolute Gasteiger partial charge is 0.353 e. The Bertz CT molecular complexity index is 195. The molecule has 102 valence electrons. The van der Waals surface area contributed by atoms with Crippen LogP contribution < -0.4 is 5.32 Å². The van der Waals surface area contributed by atoms with Crippen LogP contribution in [-0.2, 0) is 4.79 Å². The maximum atomic E-state index is 11.7. The van der Waals surface area contributed by atoms with Crippen molar-refractivity contribution in [1.29, 1.82) is 0 Å². The second kappa shape index (κ2) is 10.6. The van der Waals surface area contributed by atoms with Gasteiger partial charge >= 0.3 is 0 Å². The first-order chi connectivity index (χ1) is 8.10. The zero-order valence-electron chi connectivity index (χ0n) is 12.1. The summed E-state index contributed by atoms with van der Waals surface area (Å²) < 4.78 is 0. The minimum atomic E-state index is 0.160. The molecule has 1 N–H and O–H groups in total. The van der Waals surface area contributed by atoms with E-state index in [0.29, 0.717) is 12.6 Å². The number of hydrogen-bond acceptors (Lipinski definition) is 2. The normalized spacial score (nSPS) is 12.8. The van der Waals surface area contributed by atoms with E-state index in [4.69, 9.17) is 0 Å². The molecule has 0 radical (unpaired) electrons. The van der Waals surface area contributed by atoms with Gasteiger partial charge in [-0.25, -0.2) is 0 Å². The quantitative estimate of drug-likeness (QED) is 0.597. The molecule has 0 fully saturated rings. The fourth-order valence-corrected chi connectivity index (χ4v) is 1.85. The molecule has 1 amide bonds. The standard InChI is InChI=1S/C14H30N2O/c1-5-7-9-10-13(3)15-14(17)12-16(4)11-8-6-2/h13H,5-12H2,1-4H3,(H,15,17). The van der Waals surface area contributed by atoms with E-state index in [2.05, 4.69) is 31.0 Å². The van der Waals surface area contributed by atoms with Crippen LogP contribution in [0.3, 0.4) is 0 Å². The van der Waals surface area contributed by atoms with Crippen LogP contribution in [0.15, 0.2) is 0 Å². The van der Waals surface area contributed by atoms with Gasteiger partial charge in [-0.15, -0.1) is 0 Å². The molecule has 0 saturated heterocycles. The Morgan fingerprint density at radius 1 is 1.18 bits per heavy atom. The van der Waals surface area contributed by atoms with Crippen molar-refractivity contribution in [2.24, 2.45) is 0 Å². The van der Waals surface area contributed by atoms with Crippen molar-refractivity contribution >= 4 is 5.91 Å². The number of nitrogens with one attached hydrogen (secondary N) is 1. The number of unbranched alkanes of at least 4 members (excludes halogenated alkanes) is 3. The fourth-order valence-electron chi connectivity index (χ4n) is 1.85. The van der Waals surface area contributed by atoms with Gasteiger partial charge in [-0.1, -0.05) is 39.5 Å². The van der Waals surface area contributed by atoms with Gasteiger partial charge < -0.3 is 5.32 Å². The Hall–Kier alpha value is -0.570.